The van der Waals surface area contributed by atoms with Crippen molar-refractivity contribution in [2.45, 2.75) is 38.9 Å². The highest BCUT2D eigenvalue weighted by atomic mass is 16.2. The van der Waals surface area contributed by atoms with Crippen molar-refractivity contribution in [3.05, 3.63) is 89.1 Å². The molecular formula is C30H37N7O3. The van der Waals surface area contributed by atoms with E-state index in [2.05, 4.69) is 21.0 Å². The lowest BCUT2D eigenvalue weighted by atomic mass is 10.0. The molecule has 40 heavy (non-hydrogen) atoms. The van der Waals surface area contributed by atoms with Gasteiger partial charge < -0.3 is 25.8 Å². The second-order valence-electron chi connectivity index (χ2n) is 10.6. The van der Waals surface area contributed by atoms with E-state index in [1.54, 1.807) is 46.8 Å². The Morgan fingerprint density at radius 3 is 2.35 bits per heavy atom. The van der Waals surface area contributed by atoms with Gasteiger partial charge in [0, 0.05) is 30.4 Å². The van der Waals surface area contributed by atoms with E-state index in [0.717, 1.165) is 16.8 Å². The lowest BCUT2D eigenvalue weighted by molar-refractivity contribution is -0.111. The number of likely N-dealkylation sites (N-methyl/N-ethyl adjacent to an activating group) is 1. The van der Waals surface area contributed by atoms with E-state index in [4.69, 9.17) is 0 Å². The first kappa shape index (κ1) is 28.6. The van der Waals surface area contributed by atoms with Crippen molar-refractivity contribution in [3.63, 3.8) is 0 Å². The normalized spacial score (nSPS) is 14.7. The number of hydrogen-bond donors (Lipinski definition) is 3. The average molecular weight is 544 g/mol. The third kappa shape index (κ3) is 6.07. The maximum atomic E-state index is 13.7. The van der Waals surface area contributed by atoms with Gasteiger partial charge in [0.25, 0.3) is 5.91 Å². The number of urea groups is 1. The Labute approximate surface area is 235 Å². The quantitative estimate of drug-likeness (QED) is 0.368. The van der Waals surface area contributed by atoms with Gasteiger partial charge in [-0.1, -0.05) is 36.4 Å². The topological polar surface area (TPSA) is 112 Å². The predicted molar refractivity (Wildman–Crippen MR) is 156 cm³/mol. The van der Waals surface area contributed by atoms with Gasteiger partial charge in [-0.3, -0.25) is 14.3 Å². The summed E-state index contributed by atoms with van der Waals surface area (Å²) in [5.41, 5.74) is 3.05. The second-order valence-corrected chi connectivity index (χ2v) is 10.6. The minimum Gasteiger partial charge on any atom is -0.330 e. The van der Waals surface area contributed by atoms with Gasteiger partial charge in [0.15, 0.2) is 5.82 Å². The molecule has 1 aliphatic rings. The molecule has 0 fully saturated rings. The summed E-state index contributed by atoms with van der Waals surface area (Å²) in [5, 5.41) is 13.4. The van der Waals surface area contributed by atoms with E-state index in [-0.39, 0.29) is 23.9 Å². The smallest absolute Gasteiger partial charge is 0.319 e. The number of anilines is 2. The Kier molecular flexibility index (Phi) is 8.39. The van der Waals surface area contributed by atoms with Gasteiger partial charge in [-0.05, 0) is 70.8 Å². The number of rotatable bonds is 8. The summed E-state index contributed by atoms with van der Waals surface area (Å²) in [6.45, 7) is 6.68. The van der Waals surface area contributed by atoms with Gasteiger partial charge in [0.05, 0.1) is 23.8 Å². The van der Waals surface area contributed by atoms with E-state index >= 15 is 0 Å². The fourth-order valence-corrected chi connectivity index (χ4v) is 5.12. The molecule has 0 saturated carbocycles. The van der Waals surface area contributed by atoms with E-state index in [1.165, 1.54) is 6.08 Å². The van der Waals surface area contributed by atoms with Crippen LogP contribution in [-0.2, 0) is 23.9 Å². The zero-order chi connectivity index (χ0) is 29.0. The van der Waals surface area contributed by atoms with Crippen molar-refractivity contribution in [2.24, 2.45) is 7.05 Å². The highest BCUT2D eigenvalue weighted by Gasteiger charge is 2.45. The molecule has 0 aliphatic carbocycles. The van der Waals surface area contributed by atoms with Crippen LogP contribution in [-0.4, -0.2) is 58.1 Å². The molecule has 0 radical (unpaired) electrons. The van der Waals surface area contributed by atoms with Gasteiger partial charge >= 0.3 is 6.03 Å². The summed E-state index contributed by atoms with van der Waals surface area (Å²) in [4.78, 5) is 42.3. The molecule has 3 aromatic rings. The van der Waals surface area contributed by atoms with Crippen molar-refractivity contribution >= 4 is 29.4 Å². The maximum Gasteiger partial charge on any atom is 0.319 e. The number of carbonyl (C=O) groups is 3. The van der Waals surface area contributed by atoms with Crippen LogP contribution in [0, 0.1) is 0 Å². The largest absolute Gasteiger partial charge is 0.330 e. The third-order valence-electron chi connectivity index (χ3n) is 6.97. The Bertz CT molecular complexity index is 1410. The summed E-state index contributed by atoms with van der Waals surface area (Å²) in [6, 6.07) is 16.2. The van der Waals surface area contributed by atoms with Crippen molar-refractivity contribution < 1.29 is 14.4 Å². The van der Waals surface area contributed by atoms with Crippen LogP contribution in [0.3, 0.4) is 0 Å². The number of fused-ring (bicyclic) bond motifs is 1. The second kappa shape index (κ2) is 11.7. The summed E-state index contributed by atoms with van der Waals surface area (Å²) >= 11 is 0. The lowest BCUT2D eigenvalue weighted by Crippen LogP contribution is -2.49. The first-order chi connectivity index (χ1) is 19.0. The van der Waals surface area contributed by atoms with Crippen LogP contribution in [0.4, 0.5) is 16.3 Å². The van der Waals surface area contributed by atoms with E-state index in [1.807, 2.05) is 70.2 Å². The van der Waals surface area contributed by atoms with Crippen molar-refractivity contribution in [1.29, 1.82) is 0 Å². The molecule has 3 N–H and O–H groups in total. The monoisotopic (exact) mass is 543 g/mol. The Morgan fingerprint density at radius 1 is 1.05 bits per heavy atom. The van der Waals surface area contributed by atoms with E-state index in [9.17, 15) is 14.4 Å². The predicted octanol–water partition coefficient (Wildman–Crippen LogP) is 4.25. The van der Waals surface area contributed by atoms with Crippen LogP contribution in [0.2, 0.25) is 0 Å². The van der Waals surface area contributed by atoms with Gasteiger partial charge in [-0.25, -0.2) is 4.79 Å². The average Bonchev–Trinajstić information content (AvgIpc) is 3.37. The zero-order valence-electron chi connectivity index (χ0n) is 23.9. The summed E-state index contributed by atoms with van der Waals surface area (Å²) in [5.74, 6) is -0.149. The van der Waals surface area contributed by atoms with Crippen LogP contribution in [0.1, 0.15) is 54.0 Å². The number of carbonyl (C=O) groups excluding carboxylic acids is 3. The Morgan fingerprint density at radius 2 is 1.73 bits per heavy atom. The lowest BCUT2D eigenvalue weighted by Gasteiger charge is -2.34. The van der Waals surface area contributed by atoms with Crippen molar-refractivity contribution in [3.8, 4) is 0 Å². The number of nitrogens with zero attached hydrogens (tertiary/aromatic N) is 4. The summed E-state index contributed by atoms with van der Waals surface area (Å²) in [6.07, 6.45) is 3.08. The van der Waals surface area contributed by atoms with Gasteiger partial charge in [-0.15, -0.1) is 0 Å². The minimum absolute atomic E-state index is 0.189. The molecule has 1 aliphatic heterocycles. The standard InChI is InChI=1S/C30H37N7O3/c1-7-11-25(38)31-22-16-14-21(15-17-22)28(39)33-27-23-18-37(30(2,3)26(23)36(6)34-27)29(40)32-24(19-35(4)5)20-12-9-8-10-13-20/h7-17,24H,18-19H2,1-6H3,(H,31,38)(H,32,40)(H,33,34,39)/b11-7+/t24-/m1/s1. The highest BCUT2D eigenvalue weighted by molar-refractivity contribution is 6.05. The SMILES string of the molecule is C/C=C/C(=O)Nc1ccc(C(=O)Nc2nn(C)c3c2CN(C(=O)N[C@H](CN(C)C)c2ccccc2)C3(C)C)cc1. The van der Waals surface area contributed by atoms with Gasteiger partial charge in [-0.2, -0.15) is 5.10 Å². The number of aryl methyl sites for hydroxylation is 1. The van der Waals surface area contributed by atoms with E-state index in [0.29, 0.717) is 30.2 Å². The van der Waals surface area contributed by atoms with Crippen LogP contribution in [0.15, 0.2) is 66.7 Å². The van der Waals surface area contributed by atoms with E-state index < -0.39 is 5.54 Å². The maximum absolute atomic E-state index is 13.7. The molecule has 0 spiro atoms. The number of benzene rings is 2. The molecule has 1 aromatic heterocycles. The van der Waals surface area contributed by atoms with Crippen molar-refractivity contribution in [1.82, 2.24) is 24.9 Å². The molecule has 10 nitrogen and oxygen atoms in total. The number of hydrogen-bond acceptors (Lipinski definition) is 5. The Hall–Kier alpha value is -4.44. The molecule has 210 valence electrons. The number of aromatic nitrogens is 2. The highest BCUT2D eigenvalue weighted by Crippen LogP contribution is 2.42. The zero-order valence-corrected chi connectivity index (χ0v) is 23.9. The molecule has 2 heterocycles. The molecule has 2 aromatic carbocycles. The van der Waals surface area contributed by atoms with Crippen LogP contribution >= 0.6 is 0 Å². The molecular weight excluding hydrogens is 506 g/mol. The first-order valence-electron chi connectivity index (χ1n) is 13.2. The van der Waals surface area contributed by atoms with Crippen LogP contribution in [0.5, 0.6) is 0 Å². The Balaban J connectivity index is 1.51. The fourth-order valence-electron chi connectivity index (χ4n) is 5.12. The van der Waals surface area contributed by atoms with Gasteiger partial charge in [0.1, 0.15) is 0 Å². The van der Waals surface area contributed by atoms with Crippen LogP contribution in [0.25, 0.3) is 0 Å². The third-order valence-corrected chi connectivity index (χ3v) is 6.97. The first-order valence-corrected chi connectivity index (χ1v) is 13.2. The molecule has 0 unspecified atom stereocenters. The number of amides is 4. The van der Waals surface area contributed by atoms with Gasteiger partial charge in [0.2, 0.25) is 5.91 Å². The summed E-state index contributed by atoms with van der Waals surface area (Å²) in [7, 11) is 5.77. The molecule has 1 atom stereocenters. The molecule has 4 rings (SSSR count). The molecule has 0 bridgehead atoms. The van der Waals surface area contributed by atoms with Crippen molar-refractivity contribution in [2.75, 3.05) is 31.3 Å². The molecule has 4 amide bonds. The molecule has 10 heteroatoms. The molecule has 0 saturated heterocycles. The number of nitrogens with one attached hydrogen (secondary N) is 3. The summed E-state index contributed by atoms with van der Waals surface area (Å²) < 4.78 is 1.73. The minimum atomic E-state index is -0.656. The van der Waals surface area contributed by atoms with Crippen LogP contribution < -0.4 is 16.0 Å². The fraction of sp³-hybridized carbons (Fsp3) is 0.333. The number of allylic oxidation sites excluding steroid dienone is 1.